The number of benzene rings is 2. The van der Waals surface area contributed by atoms with Gasteiger partial charge in [0.1, 0.15) is 0 Å². The Morgan fingerprint density at radius 2 is 1.58 bits per heavy atom. The Kier molecular flexibility index (Phi) is 7.03. The molecule has 0 radical (unpaired) electrons. The Bertz CT molecular complexity index is 967. The molecule has 5 nitrogen and oxygen atoms in total. The molecular formula is C24H27Cl2N3O2. The van der Waals surface area contributed by atoms with Crippen molar-refractivity contribution in [2.24, 2.45) is 0 Å². The van der Waals surface area contributed by atoms with Gasteiger partial charge in [0, 0.05) is 35.5 Å². The predicted molar refractivity (Wildman–Crippen MR) is 127 cm³/mol. The van der Waals surface area contributed by atoms with E-state index in [9.17, 15) is 9.59 Å². The van der Waals surface area contributed by atoms with Crippen molar-refractivity contribution in [3.05, 3.63) is 57.6 Å². The third kappa shape index (κ3) is 5.34. The minimum Gasteiger partial charge on any atom is -0.371 e. The molecule has 0 spiro atoms. The summed E-state index contributed by atoms with van der Waals surface area (Å²) in [6, 6.07) is 10.5. The van der Waals surface area contributed by atoms with Crippen LogP contribution in [0.15, 0.2) is 36.4 Å². The first-order valence-electron chi connectivity index (χ1n) is 11.0. The maximum Gasteiger partial charge on any atom is 0.257 e. The normalized spacial score (nSPS) is 16.9. The molecule has 0 atom stereocenters. The number of hydrogen-bond donors (Lipinski definition) is 2. The number of halogens is 2. The van der Waals surface area contributed by atoms with Crippen LogP contribution in [0, 0.1) is 0 Å². The first kappa shape index (κ1) is 22.0. The van der Waals surface area contributed by atoms with E-state index in [1.165, 1.54) is 12.5 Å². The van der Waals surface area contributed by atoms with E-state index in [2.05, 4.69) is 15.5 Å². The monoisotopic (exact) mass is 459 g/mol. The number of hydrogen-bond acceptors (Lipinski definition) is 3. The van der Waals surface area contributed by atoms with Gasteiger partial charge in [-0.15, -0.1) is 0 Å². The molecule has 164 valence electrons. The number of nitrogens with one attached hydrogen (secondary N) is 2. The highest BCUT2D eigenvalue weighted by atomic mass is 35.5. The number of amides is 2. The van der Waals surface area contributed by atoms with Crippen molar-refractivity contribution in [1.82, 2.24) is 5.32 Å². The second kappa shape index (κ2) is 9.92. The van der Waals surface area contributed by atoms with Gasteiger partial charge in [-0.2, -0.15) is 0 Å². The van der Waals surface area contributed by atoms with Crippen LogP contribution in [0.3, 0.4) is 0 Å². The Hall–Kier alpha value is -2.24. The molecule has 4 rings (SSSR count). The average molecular weight is 460 g/mol. The van der Waals surface area contributed by atoms with E-state index < -0.39 is 0 Å². The fourth-order valence-electron chi connectivity index (χ4n) is 4.41. The fraction of sp³-hybridized carbons (Fsp3) is 0.417. The van der Waals surface area contributed by atoms with E-state index in [0.29, 0.717) is 21.8 Å². The van der Waals surface area contributed by atoms with Gasteiger partial charge in [0.15, 0.2) is 0 Å². The van der Waals surface area contributed by atoms with Crippen LogP contribution in [-0.4, -0.2) is 30.9 Å². The summed E-state index contributed by atoms with van der Waals surface area (Å²) in [6.45, 7) is 1.88. The third-order valence-electron chi connectivity index (χ3n) is 6.06. The van der Waals surface area contributed by atoms with E-state index in [1.54, 1.807) is 18.2 Å². The zero-order valence-corrected chi connectivity index (χ0v) is 18.9. The lowest BCUT2D eigenvalue weighted by Crippen LogP contribution is -2.37. The van der Waals surface area contributed by atoms with Crippen molar-refractivity contribution in [3.8, 4) is 0 Å². The quantitative estimate of drug-likeness (QED) is 0.583. The minimum absolute atomic E-state index is 0.0746. The smallest absolute Gasteiger partial charge is 0.257 e. The number of rotatable bonds is 5. The molecule has 2 aromatic carbocycles. The molecule has 2 aromatic rings. The van der Waals surface area contributed by atoms with Gasteiger partial charge in [0.05, 0.1) is 16.1 Å². The Labute approximate surface area is 193 Å². The molecule has 1 heterocycles. The molecule has 0 bridgehead atoms. The van der Waals surface area contributed by atoms with Crippen LogP contribution in [-0.2, 0) is 0 Å². The molecule has 2 fully saturated rings. The van der Waals surface area contributed by atoms with Crippen LogP contribution in [0.5, 0.6) is 0 Å². The van der Waals surface area contributed by atoms with Gasteiger partial charge in [0.2, 0.25) is 0 Å². The molecule has 1 saturated carbocycles. The van der Waals surface area contributed by atoms with Crippen molar-refractivity contribution < 1.29 is 9.59 Å². The van der Waals surface area contributed by atoms with Gasteiger partial charge in [-0.05, 0) is 62.1 Å². The fourth-order valence-corrected chi connectivity index (χ4v) is 4.91. The number of carbonyl (C=O) groups excluding carboxylic acids is 2. The lowest BCUT2D eigenvalue weighted by Gasteiger charge is -2.26. The van der Waals surface area contributed by atoms with E-state index >= 15 is 0 Å². The highest BCUT2D eigenvalue weighted by Crippen LogP contribution is 2.29. The summed E-state index contributed by atoms with van der Waals surface area (Å²) in [5, 5.41) is 6.84. The molecule has 0 unspecified atom stereocenters. The van der Waals surface area contributed by atoms with Gasteiger partial charge < -0.3 is 15.5 Å². The summed E-state index contributed by atoms with van der Waals surface area (Å²) in [7, 11) is 0. The molecule has 1 saturated heterocycles. The minimum atomic E-state index is -0.339. The Morgan fingerprint density at radius 3 is 2.29 bits per heavy atom. The second-order valence-corrected chi connectivity index (χ2v) is 9.16. The first-order valence-corrected chi connectivity index (χ1v) is 11.7. The predicted octanol–water partition coefficient (Wildman–Crippen LogP) is 5.91. The molecule has 7 heteroatoms. The van der Waals surface area contributed by atoms with Crippen molar-refractivity contribution in [1.29, 1.82) is 0 Å². The van der Waals surface area contributed by atoms with E-state index in [1.807, 2.05) is 12.1 Å². The van der Waals surface area contributed by atoms with Crippen molar-refractivity contribution in [2.75, 3.05) is 23.3 Å². The number of anilines is 2. The highest BCUT2D eigenvalue weighted by Gasteiger charge is 2.23. The third-order valence-corrected chi connectivity index (χ3v) is 6.61. The average Bonchev–Trinajstić information content (AvgIpc) is 3.29. The summed E-state index contributed by atoms with van der Waals surface area (Å²) in [5.74, 6) is -0.413. The second-order valence-electron chi connectivity index (χ2n) is 8.31. The number of nitrogens with zero attached hydrogens (tertiary/aromatic N) is 1. The van der Waals surface area contributed by atoms with E-state index in [0.717, 1.165) is 57.3 Å². The highest BCUT2D eigenvalue weighted by molar-refractivity contribution is 6.37. The lowest BCUT2D eigenvalue weighted by atomic mass is 9.95. The van der Waals surface area contributed by atoms with Crippen molar-refractivity contribution in [3.63, 3.8) is 0 Å². The zero-order chi connectivity index (χ0) is 21.8. The molecule has 2 N–H and O–H groups in total. The van der Waals surface area contributed by atoms with Crippen molar-refractivity contribution >= 4 is 46.4 Å². The molecule has 31 heavy (non-hydrogen) atoms. The van der Waals surface area contributed by atoms with Crippen molar-refractivity contribution in [2.45, 2.75) is 51.0 Å². The van der Waals surface area contributed by atoms with Crippen LogP contribution in [0.1, 0.15) is 65.7 Å². The van der Waals surface area contributed by atoms with Crippen LogP contribution in [0.2, 0.25) is 10.0 Å². The zero-order valence-electron chi connectivity index (χ0n) is 17.4. The standard InChI is InChI=1S/C24H27Cl2N3O2/c25-16-8-10-19(21(26)14-16)23(30)28-18-9-11-22(29-12-4-5-13-29)20(15-18)24(31)27-17-6-2-1-3-7-17/h8-11,14-15,17H,1-7,12-13H2,(H,27,31)(H,28,30). The van der Waals surface area contributed by atoms with Gasteiger partial charge >= 0.3 is 0 Å². The van der Waals surface area contributed by atoms with E-state index in [-0.39, 0.29) is 22.9 Å². The molecule has 1 aliphatic heterocycles. The van der Waals surface area contributed by atoms with Crippen LogP contribution in [0.25, 0.3) is 0 Å². The Morgan fingerprint density at radius 1 is 0.839 bits per heavy atom. The lowest BCUT2D eigenvalue weighted by molar-refractivity contribution is 0.0927. The van der Waals surface area contributed by atoms with Gasteiger partial charge in [0.25, 0.3) is 11.8 Å². The van der Waals surface area contributed by atoms with Gasteiger partial charge in [-0.1, -0.05) is 42.5 Å². The Balaban J connectivity index is 1.57. The van der Waals surface area contributed by atoms with E-state index in [4.69, 9.17) is 23.2 Å². The maximum absolute atomic E-state index is 13.2. The van der Waals surface area contributed by atoms with Crippen LogP contribution in [0.4, 0.5) is 11.4 Å². The SMILES string of the molecule is O=C(Nc1ccc(N2CCCC2)c(C(=O)NC2CCCCC2)c1)c1ccc(Cl)cc1Cl. The summed E-state index contributed by atoms with van der Waals surface area (Å²) in [4.78, 5) is 28.2. The van der Waals surface area contributed by atoms with Crippen LogP contribution >= 0.6 is 23.2 Å². The van der Waals surface area contributed by atoms with Crippen LogP contribution < -0.4 is 15.5 Å². The van der Waals surface area contributed by atoms with Gasteiger partial charge in [-0.25, -0.2) is 0 Å². The summed E-state index contributed by atoms with van der Waals surface area (Å²) in [5.41, 5.74) is 2.43. The maximum atomic E-state index is 13.2. The first-order chi connectivity index (χ1) is 15.0. The topological polar surface area (TPSA) is 61.4 Å². The molecular weight excluding hydrogens is 433 g/mol. The molecule has 2 aliphatic rings. The molecule has 1 aliphatic carbocycles. The van der Waals surface area contributed by atoms with Gasteiger partial charge in [-0.3, -0.25) is 9.59 Å². The summed E-state index contributed by atoms with van der Waals surface area (Å²) in [6.07, 6.45) is 7.84. The molecule has 0 aromatic heterocycles. The summed E-state index contributed by atoms with van der Waals surface area (Å²) < 4.78 is 0. The number of carbonyl (C=O) groups is 2. The largest absolute Gasteiger partial charge is 0.371 e. The summed E-state index contributed by atoms with van der Waals surface area (Å²) >= 11 is 12.1. The molecule has 2 amide bonds.